The molecule has 118 heavy (non-hydrogen) atoms. The van der Waals surface area contributed by atoms with Crippen LogP contribution < -0.4 is 70.7 Å². The molecule has 7 unspecified atom stereocenters. The van der Waals surface area contributed by atoms with Gasteiger partial charge in [0, 0.05) is 53.1 Å². The van der Waals surface area contributed by atoms with E-state index in [9.17, 15) is 76.7 Å². The van der Waals surface area contributed by atoms with Crippen molar-refractivity contribution in [2.24, 2.45) is 39.0 Å². The minimum atomic E-state index is -1.53. The summed E-state index contributed by atoms with van der Waals surface area (Å²) in [4.78, 5) is 255. The quantitative estimate of drug-likeness (QED) is 0.0132. The number of nitrogens with two attached hydrogens (primary N) is 3. The van der Waals surface area contributed by atoms with E-state index >= 15 is 9.59 Å². The number of epoxide rings is 3. The van der Waals surface area contributed by atoms with Crippen LogP contribution in [0.1, 0.15) is 144 Å². The van der Waals surface area contributed by atoms with Gasteiger partial charge in [-0.15, -0.1) is 0 Å². The molecule has 8 bridgehead atoms. The van der Waals surface area contributed by atoms with E-state index in [1.807, 2.05) is 33.8 Å². The van der Waals surface area contributed by atoms with Gasteiger partial charge in [-0.2, -0.15) is 0 Å². The average Bonchev–Trinajstić information content (AvgIpc) is 1.60. The van der Waals surface area contributed by atoms with Gasteiger partial charge in [-0.25, -0.2) is 34.4 Å². The molecule has 43 nitrogen and oxygen atoms in total. The number of aromatic amines is 1. The van der Waals surface area contributed by atoms with Gasteiger partial charge in [0.05, 0.1) is 54.9 Å². The van der Waals surface area contributed by atoms with Crippen LogP contribution in [0.2, 0.25) is 0 Å². The lowest BCUT2D eigenvalue weighted by molar-refractivity contribution is -0.146. The smallest absolute Gasteiger partial charge is 0.338 e. The number of aromatic nitrogens is 1. The lowest BCUT2D eigenvalue weighted by Gasteiger charge is -2.25. The molecule has 7 aliphatic rings. The summed E-state index contributed by atoms with van der Waals surface area (Å²) >= 11 is 0. The van der Waals surface area contributed by atoms with Gasteiger partial charge < -0.3 is 87.8 Å². The minimum Gasteiger partial charge on any atom is -0.464 e. The Morgan fingerprint density at radius 1 is 0.559 bits per heavy atom. The first-order valence-corrected chi connectivity index (χ1v) is 38.0. The Balaban J connectivity index is 1.13. The maximum absolute atomic E-state index is 15.4. The van der Waals surface area contributed by atoms with E-state index in [4.69, 9.17) is 55.6 Å². The summed E-state index contributed by atoms with van der Waals surface area (Å²) in [6, 6.07) is -7.95. The fraction of sp³-hybridized carbons (Fsp3) is 0.520. The zero-order valence-electron chi connectivity index (χ0n) is 67.2. The van der Waals surface area contributed by atoms with Crippen molar-refractivity contribution in [1.82, 2.24) is 73.5 Å². The van der Waals surface area contributed by atoms with Crippen LogP contribution in [0.25, 0.3) is 11.6 Å². The predicted octanol–water partition coefficient (Wildman–Crippen LogP) is -4.44. The Kier molecular flexibility index (Phi) is 30.2. The number of ether oxygens (including phenoxy) is 6. The molecule has 1 aromatic heterocycles. The number of primary amides is 3. The molecule has 0 aromatic carbocycles. The van der Waals surface area contributed by atoms with Crippen LogP contribution in [0.3, 0.4) is 0 Å². The number of allylic oxidation sites excluding steroid dienone is 5. The molecule has 8 heterocycles. The fourth-order valence-corrected chi connectivity index (χ4v) is 13.2. The maximum Gasteiger partial charge on any atom is 0.338 e. The molecule has 0 radical (unpaired) electrons. The number of rotatable bonds is 35. The van der Waals surface area contributed by atoms with E-state index in [0.717, 1.165) is 22.3 Å². The van der Waals surface area contributed by atoms with E-state index in [1.54, 1.807) is 12.2 Å². The van der Waals surface area contributed by atoms with Gasteiger partial charge in [-0.3, -0.25) is 93.2 Å². The Bertz CT molecular complexity index is 4550. The number of fused-ring (bicyclic) bond motifs is 6. The molecule has 17 N–H and O–H groups in total. The number of H-pyrrole nitrogens is 1. The second-order valence-corrected chi connectivity index (χ2v) is 28.6. The van der Waals surface area contributed by atoms with Crippen molar-refractivity contribution in [1.29, 1.82) is 0 Å². The van der Waals surface area contributed by atoms with E-state index < -0.39 is 223 Å². The van der Waals surface area contributed by atoms with Gasteiger partial charge in [0.15, 0.2) is 36.6 Å². The van der Waals surface area contributed by atoms with Crippen LogP contribution in [-0.4, -0.2) is 256 Å². The number of nitrogens with one attached hydrogen (secondary N) is 11. The Morgan fingerprint density at radius 2 is 0.975 bits per heavy atom. The average molecular weight is 1650 g/mol. The number of aliphatic imine (C=N–C) groups is 2. The fourth-order valence-electron chi connectivity index (χ4n) is 13.2. The normalized spacial score (nSPS) is 23.0. The molecule has 43 heteroatoms. The molecule has 1 aromatic rings. The Hall–Kier alpha value is -12.8. The summed E-state index contributed by atoms with van der Waals surface area (Å²) < 4.78 is 30.1. The van der Waals surface area contributed by atoms with E-state index in [0.29, 0.717) is 44.3 Å². The standard InChI is InChI=1S/C75H99N19O24/c1-15-40-30(6)46-26-49-41(16-2)31(7)45(87-49)25-47-32(8)42(20-21-53(98)79-33(9)63(100)81-36(12)66(103)89-92(27-50(76)95)70(107)57-60(116-57)73(110)113-17-3)55(88-47)43(24-54(99)80-34(10)64(101)82-37(13)67(104)90-93(28-51(77)96)71(108)58-61(117-58)74(111)114-18-4)56-44(22-39(85-56)23-48(40)86-46)69(106)84-35(11)65(102)83-38(14)68(105)91-94(29-52(78)97)72(109)59-62(118-59)75(112)115-19-5/h16,22-23,26,32-38,42,45,57-62,85,87H,2,15,17-21,24-25,27-29H2,1,3-14H3,(H2,76,95)(H2,77,96)(H2,78,97)(H,79,98)(H,80,99)(H,81,100)(H,82,101)(H,83,102)(H,84,106)(H,89,103)(H,90,104)(H,91,105)/b48-23-,49-26?,55-43-/t32-,33?,34?,35?,36?,37?,38?,42-,45?,57-,58-,59-,60+,61+,62+/m0/s1. The van der Waals surface area contributed by atoms with E-state index in [2.05, 4.69) is 65.1 Å². The number of hydrazine groups is 3. The summed E-state index contributed by atoms with van der Waals surface area (Å²) in [5.74, 6) is -19.1. The first-order chi connectivity index (χ1) is 55.6. The number of carbonyl (C=O) groups is 18. The summed E-state index contributed by atoms with van der Waals surface area (Å²) in [5.41, 5.74) is 28.2. The van der Waals surface area contributed by atoms with Crippen LogP contribution >= 0.6 is 0 Å². The molecule has 15 atom stereocenters. The molecule has 3 fully saturated rings. The third-order valence-corrected chi connectivity index (χ3v) is 19.7. The highest BCUT2D eigenvalue weighted by atomic mass is 16.7. The summed E-state index contributed by atoms with van der Waals surface area (Å²) in [7, 11) is 0. The summed E-state index contributed by atoms with van der Waals surface area (Å²) in [6.07, 6.45) is -3.69. The highest BCUT2D eigenvalue weighted by molar-refractivity contribution is 6.13. The zero-order valence-corrected chi connectivity index (χ0v) is 67.2. The number of hydrogen-bond donors (Lipinski definition) is 14. The van der Waals surface area contributed by atoms with Gasteiger partial charge >= 0.3 is 17.9 Å². The first kappa shape index (κ1) is 90.7. The lowest BCUT2D eigenvalue weighted by Crippen LogP contribution is -2.57. The van der Waals surface area contributed by atoms with Crippen molar-refractivity contribution < 1.29 is 115 Å². The topological polar surface area (TPSA) is 621 Å². The number of nitrogens with zero attached hydrogens (tertiary/aromatic N) is 5. The Morgan fingerprint density at radius 3 is 1.38 bits per heavy atom. The van der Waals surface area contributed by atoms with Crippen molar-refractivity contribution >= 4 is 130 Å². The van der Waals surface area contributed by atoms with Crippen molar-refractivity contribution in [3.8, 4) is 0 Å². The van der Waals surface area contributed by atoms with Crippen LogP contribution in [0, 0.1) is 11.8 Å². The SMILES string of the molecule is C=CC1=C(C)C2CC3=N/C(=C(/CC(=O)NC(C)C(=O)NC(C)C(=O)NN(CC(N)=O)C(=O)[C@H]4O[C@H]4C(=O)OCC)c4[nH]c(cc4C(=O)NC(C)C(=O)NC(C)C(=O)NN(CC(N)=O)C(=O)[C@H]4O[C@H]4C(=O)OCC)/C=C4\N=C(C=C1N2)C(C)=C4CC)[C@@H](CCC(=O)NC(C)C(=O)NC(C)C(=O)NN(CC(N)=O)C(=O)[C@H]1O[C@H]1C(=O)OCC)[C@@H]3C. The van der Waals surface area contributed by atoms with Crippen LogP contribution in [0.4, 0.5) is 0 Å². The summed E-state index contributed by atoms with van der Waals surface area (Å²) in [5, 5.41) is 20.4. The van der Waals surface area contributed by atoms with Crippen molar-refractivity contribution in [2.45, 2.75) is 201 Å². The minimum absolute atomic E-state index is 0.0182. The van der Waals surface area contributed by atoms with E-state index in [1.165, 1.54) is 68.4 Å². The van der Waals surface area contributed by atoms with Gasteiger partial charge in [0.1, 0.15) is 55.9 Å². The maximum atomic E-state index is 15.4. The lowest BCUT2D eigenvalue weighted by atomic mass is 9.82. The predicted molar refractivity (Wildman–Crippen MR) is 411 cm³/mol. The van der Waals surface area contributed by atoms with E-state index in [-0.39, 0.29) is 67.3 Å². The molecule has 0 spiro atoms. The van der Waals surface area contributed by atoms with Gasteiger partial charge in [-0.1, -0.05) is 26.5 Å². The second kappa shape index (κ2) is 39.2. The monoisotopic (exact) mass is 1650 g/mol. The van der Waals surface area contributed by atoms with Crippen molar-refractivity contribution in [2.75, 3.05) is 39.5 Å². The molecule has 15 amide bonds. The van der Waals surface area contributed by atoms with Crippen LogP contribution in [0.5, 0.6) is 0 Å². The number of amides is 15. The Labute approximate surface area is 675 Å². The van der Waals surface area contributed by atoms with Crippen LogP contribution in [-0.2, 0) is 110 Å². The summed E-state index contributed by atoms with van der Waals surface area (Å²) in [6.45, 7) is 21.0. The third kappa shape index (κ3) is 22.4. The van der Waals surface area contributed by atoms with Crippen molar-refractivity contribution in [3.63, 3.8) is 0 Å². The number of esters is 3. The van der Waals surface area contributed by atoms with Crippen LogP contribution in [0.15, 0.2) is 74.2 Å². The highest BCUT2D eigenvalue weighted by Gasteiger charge is 2.56. The van der Waals surface area contributed by atoms with Gasteiger partial charge in [0.2, 0.25) is 47.3 Å². The number of hydrogen-bond acceptors (Lipinski definition) is 27. The molecular weight excluding hydrogens is 1550 g/mol. The molecule has 7 aliphatic heterocycles. The zero-order chi connectivity index (χ0) is 87.3. The van der Waals surface area contributed by atoms with Crippen molar-refractivity contribution in [3.05, 3.63) is 81.1 Å². The second-order valence-electron chi connectivity index (χ2n) is 28.6. The number of carbonyl (C=O) groups excluding carboxylic acids is 18. The van der Waals surface area contributed by atoms with Gasteiger partial charge in [-0.05, 0) is 130 Å². The first-order valence-electron chi connectivity index (χ1n) is 38.0. The molecule has 0 aliphatic carbocycles. The third-order valence-electron chi connectivity index (χ3n) is 19.7. The molecular formula is C75H99N19O24. The molecule has 638 valence electrons. The largest absolute Gasteiger partial charge is 0.464 e. The molecule has 3 saturated heterocycles. The molecule has 0 saturated carbocycles. The van der Waals surface area contributed by atoms with Gasteiger partial charge in [0.25, 0.3) is 41.4 Å². The highest BCUT2D eigenvalue weighted by Crippen LogP contribution is 2.44. The molecule has 8 rings (SSSR count).